The van der Waals surface area contributed by atoms with E-state index in [0.29, 0.717) is 66.1 Å². The van der Waals surface area contributed by atoms with E-state index in [2.05, 4.69) is 6.92 Å². The van der Waals surface area contributed by atoms with Gasteiger partial charge in [0, 0.05) is 19.1 Å². The lowest BCUT2D eigenvalue weighted by molar-refractivity contribution is -0.0169. The van der Waals surface area contributed by atoms with Crippen LogP contribution in [-0.4, -0.2) is 85.2 Å². The fourth-order valence-corrected chi connectivity index (χ4v) is 3.91. The van der Waals surface area contributed by atoms with E-state index < -0.39 is 0 Å². The van der Waals surface area contributed by atoms with Crippen LogP contribution >= 0.6 is 11.6 Å². The van der Waals surface area contributed by atoms with Crippen molar-refractivity contribution in [2.75, 3.05) is 85.2 Å². The molecule has 0 aliphatic heterocycles. The van der Waals surface area contributed by atoms with Crippen molar-refractivity contribution in [1.82, 2.24) is 0 Å². The van der Waals surface area contributed by atoms with Crippen molar-refractivity contribution in [3.05, 3.63) is 0 Å². The van der Waals surface area contributed by atoms with Gasteiger partial charge in [-0.25, -0.2) is 0 Å². The van der Waals surface area contributed by atoms with Crippen LogP contribution < -0.4 is 0 Å². The average molecular weight is 539 g/mol. The molecular formula is C29H59ClO6. The summed E-state index contributed by atoms with van der Waals surface area (Å²) in [5, 5.41) is 0. The van der Waals surface area contributed by atoms with E-state index in [1.165, 1.54) is 77.0 Å². The number of rotatable bonds is 33. The Bertz CT molecular complexity index is 342. The number of hydrogen-bond acceptors (Lipinski definition) is 6. The molecule has 0 aromatic heterocycles. The lowest BCUT2D eigenvalue weighted by Gasteiger charge is -2.08. The Balaban J connectivity index is 3.00. The summed E-state index contributed by atoms with van der Waals surface area (Å²) in [6, 6.07) is 0. The van der Waals surface area contributed by atoms with Gasteiger partial charge in [-0.05, 0) is 19.3 Å². The summed E-state index contributed by atoms with van der Waals surface area (Å²) in [7, 11) is 0. The smallest absolute Gasteiger partial charge is 0.0701 e. The fourth-order valence-electron chi connectivity index (χ4n) is 3.72. The molecule has 0 aliphatic carbocycles. The van der Waals surface area contributed by atoms with Crippen molar-refractivity contribution >= 4 is 11.6 Å². The zero-order valence-electron chi connectivity index (χ0n) is 23.6. The molecule has 7 heteroatoms. The minimum atomic E-state index is 0.574. The van der Waals surface area contributed by atoms with Gasteiger partial charge in [-0.3, -0.25) is 0 Å². The van der Waals surface area contributed by atoms with Gasteiger partial charge in [0.2, 0.25) is 0 Å². The average Bonchev–Trinajstić information content (AvgIpc) is 2.89. The molecular weight excluding hydrogens is 480 g/mol. The quantitative estimate of drug-likeness (QED) is 0.0650. The van der Waals surface area contributed by atoms with Crippen LogP contribution in [0.4, 0.5) is 0 Å². The van der Waals surface area contributed by atoms with Crippen molar-refractivity contribution in [1.29, 1.82) is 0 Å². The molecule has 36 heavy (non-hydrogen) atoms. The van der Waals surface area contributed by atoms with Crippen LogP contribution in [-0.2, 0) is 28.4 Å². The maximum atomic E-state index is 5.65. The monoisotopic (exact) mass is 538 g/mol. The van der Waals surface area contributed by atoms with Gasteiger partial charge in [0.1, 0.15) is 0 Å². The van der Waals surface area contributed by atoms with E-state index in [9.17, 15) is 0 Å². The first kappa shape index (κ1) is 36.0. The summed E-state index contributed by atoms with van der Waals surface area (Å²) >= 11 is 5.65. The van der Waals surface area contributed by atoms with Crippen LogP contribution in [0.15, 0.2) is 0 Å². The van der Waals surface area contributed by atoms with Crippen LogP contribution in [0.1, 0.15) is 103 Å². The van der Waals surface area contributed by atoms with Gasteiger partial charge in [-0.15, -0.1) is 11.6 Å². The number of unbranched alkanes of at least 4 members (excludes halogenated alkanes) is 13. The van der Waals surface area contributed by atoms with Gasteiger partial charge in [0.05, 0.1) is 66.1 Å². The first-order valence-electron chi connectivity index (χ1n) is 14.9. The number of alkyl halides is 1. The lowest BCUT2D eigenvalue weighted by Crippen LogP contribution is -2.14. The van der Waals surface area contributed by atoms with E-state index in [1.807, 2.05) is 0 Å². The Morgan fingerprint density at radius 1 is 0.306 bits per heavy atom. The van der Waals surface area contributed by atoms with Crippen LogP contribution in [0.5, 0.6) is 0 Å². The molecule has 0 aliphatic rings. The van der Waals surface area contributed by atoms with Gasteiger partial charge in [0.15, 0.2) is 0 Å². The Labute approximate surface area is 228 Å². The molecule has 6 nitrogen and oxygen atoms in total. The molecule has 0 saturated carbocycles. The summed E-state index contributed by atoms with van der Waals surface area (Å²) in [5.74, 6) is 0.757. The third-order valence-electron chi connectivity index (χ3n) is 5.92. The van der Waals surface area contributed by atoms with Crippen LogP contribution in [0.2, 0.25) is 0 Å². The molecule has 0 saturated heterocycles. The summed E-state index contributed by atoms with van der Waals surface area (Å²) in [6.07, 6.45) is 19.5. The van der Waals surface area contributed by atoms with Gasteiger partial charge in [0.25, 0.3) is 0 Å². The Morgan fingerprint density at radius 2 is 0.556 bits per heavy atom. The second kappa shape index (κ2) is 35.0. The van der Waals surface area contributed by atoms with Crippen molar-refractivity contribution in [3.63, 3.8) is 0 Å². The molecule has 0 spiro atoms. The first-order chi connectivity index (χ1) is 17.9. The Morgan fingerprint density at radius 3 is 0.861 bits per heavy atom. The standard InChI is InChI=1S/C29H59ClO6/c1-2-3-4-5-6-7-8-9-10-12-15-18-31-20-22-33-24-26-35-28-29-36-27-25-34-23-21-32-19-16-13-11-14-17-30/h2-29H2,1H3. The Hall–Kier alpha value is 0.0500. The third kappa shape index (κ3) is 34.0. The zero-order chi connectivity index (χ0) is 26.0. The molecule has 0 aromatic rings. The topological polar surface area (TPSA) is 55.4 Å². The predicted octanol–water partition coefficient (Wildman–Crippen LogP) is 7.20. The summed E-state index contributed by atoms with van der Waals surface area (Å²) in [4.78, 5) is 0. The molecule has 0 heterocycles. The number of hydrogen-bond donors (Lipinski definition) is 0. The van der Waals surface area contributed by atoms with Gasteiger partial charge >= 0.3 is 0 Å². The number of ether oxygens (including phenoxy) is 6. The predicted molar refractivity (Wildman–Crippen MR) is 151 cm³/mol. The van der Waals surface area contributed by atoms with Crippen LogP contribution in [0, 0.1) is 0 Å². The van der Waals surface area contributed by atoms with E-state index >= 15 is 0 Å². The first-order valence-corrected chi connectivity index (χ1v) is 15.5. The largest absolute Gasteiger partial charge is 0.379 e. The molecule has 0 atom stereocenters. The maximum absolute atomic E-state index is 5.65. The van der Waals surface area contributed by atoms with Crippen LogP contribution in [0.25, 0.3) is 0 Å². The summed E-state index contributed by atoms with van der Waals surface area (Å²) < 4.78 is 33.2. The van der Waals surface area contributed by atoms with Crippen molar-refractivity contribution < 1.29 is 28.4 Å². The van der Waals surface area contributed by atoms with Crippen molar-refractivity contribution in [2.45, 2.75) is 103 Å². The zero-order valence-corrected chi connectivity index (χ0v) is 24.4. The summed E-state index contributed by atoms with van der Waals surface area (Å²) in [5.41, 5.74) is 0. The molecule has 0 unspecified atom stereocenters. The summed E-state index contributed by atoms with van der Waals surface area (Å²) in [6.45, 7) is 9.97. The molecule has 0 N–H and O–H groups in total. The molecule has 0 bridgehead atoms. The highest BCUT2D eigenvalue weighted by Gasteiger charge is 1.96. The Kier molecular flexibility index (Phi) is 35.1. The fraction of sp³-hybridized carbons (Fsp3) is 1.00. The van der Waals surface area contributed by atoms with Gasteiger partial charge in [-0.2, -0.15) is 0 Å². The van der Waals surface area contributed by atoms with Crippen LogP contribution in [0.3, 0.4) is 0 Å². The highest BCUT2D eigenvalue weighted by molar-refractivity contribution is 6.17. The normalized spacial score (nSPS) is 11.5. The van der Waals surface area contributed by atoms with Crippen molar-refractivity contribution in [3.8, 4) is 0 Å². The maximum Gasteiger partial charge on any atom is 0.0701 e. The molecule has 218 valence electrons. The minimum absolute atomic E-state index is 0.574. The molecule has 0 amide bonds. The molecule has 0 rings (SSSR count). The molecule has 0 radical (unpaired) electrons. The highest BCUT2D eigenvalue weighted by Crippen LogP contribution is 2.11. The number of halogens is 1. The highest BCUT2D eigenvalue weighted by atomic mass is 35.5. The van der Waals surface area contributed by atoms with E-state index in [4.69, 9.17) is 40.0 Å². The lowest BCUT2D eigenvalue weighted by atomic mass is 10.1. The third-order valence-corrected chi connectivity index (χ3v) is 6.19. The van der Waals surface area contributed by atoms with E-state index in [0.717, 1.165) is 38.4 Å². The van der Waals surface area contributed by atoms with Gasteiger partial charge < -0.3 is 28.4 Å². The minimum Gasteiger partial charge on any atom is -0.379 e. The van der Waals surface area contributed by atoms with Crippen molar-refractivity contribution in [2.24, 2.45) is 0 Å². The molecule has 0 fully saturated rings. The SMILES string of the molecule is CCCCCCCCCCCCCOCCOCCOCCOCCOCCOCCCCCCCl. The second-order valence-electron chi connectivity index (χ2n) is 9.31. The van der Waals surface area contributed by atoms with Gasteiger partial charge in [-0.1, -0.05) is 84.0 Å². The second-order valence-corrected chi connectivity index (χ2v) is 9.69. The van der Waals surface area contributed by atoms with E-state index in [-0.39, 0.29) is 0 Å². The molecule has 0 aromatic carbocycles. The van der Waals surface area contributed by atoms with E-state index in [1.54, 1.807) is 0 Å².